The van der Waals surface area contributed by atoms with Crippen molar-refractivity contribution in [2.45, 2.75) is 20.0 Å². The fourth-order valence-electron chi connectivity index (χ4n) is 1.91. The van der Waals surface area contributed by atoms with Gasteiger partial charge in [-0.3, -0.25) is 4.79 Å². The first-order valence-corrected chi connectivity index (χ1v) is 5.16. The maximum absolute atomic E-state index is 11.9. The Balaban J connectivity index is 2.47. The predicted octanol–water partition coefficient (Wildman–Crippen LogP) is -0.319. The van der Waals surface area contributed by atoms with Crippen LogP contribution in [-0.4, -0.2) is 48.7 Å². The van der Waals surface area contributed by atoms with Crippen molar-refractivity contribution in [1.29, 1.82) is 0 Å². The first-order valence-electron chi connectivity index (χ1n) is 5.16. The fraction of sp³-hybridized carbons (Fsp3) is 0.900. The largest absolute Gasteiger partial charge is 0.392 e. The number of aliphatic hydroxyl groups excluding tert-OH is 1. The van der Waals surface area contributed by atoms with Gasteiger partial charge in [0.25, 0.3) is 0 Å². The molecule has 0 spiro atoms. The monoisotopic (exact) mass is 200 g/mol. The second-order valence-electron chi connectivity index (χ2n) is 4.31. The molecule has 0 aromatic rings. The van der Waals surface area contributed by atoms with Gasteiger partial charge in [0, 0.05) is 20.1 Å². The van der Waals surface area contributed by atoms with Gasteiger partial charge in [-0.2, -0.15) is 0 Å². The molecule has 0 aromatic heterocycles. The van der Waals surface area contributed by atoms with Crippen molar-refractivity contribution in [3.05, 3.63) is 0 Å². The lowest BCUT2D eigenvalue weighted by molar-refractivity contribution is -0.135. The Labute approximate surface area is 85.3 Å². The molecule has 2 N–H and O–H groups in total. The van der Waals surface area contributed by atoms with E-state index in [4.69, 9.17) is 0 Å². The van der Waals surface area contributed by atoms with Crippen molar-refractivity contribution in [3.8, 4) is 0 Å². The van der Waals surface area contributed by atoms with Gasteiger partial charge >= 0.3 is 0 Å². The van der Waals surface area contributed by atoms with Crippen LogP contribution in [0.1, 0.15) is 13.8 Å². The number of nitrogens with zero attached hydrogens (tertiary/aromatic N) is 1. The summed E-state index contributed by atoms with van der Waals surface area (Å²) in [5.74, 6) is 0.626. The Morgan fingerprint density at radius 2 is 2.29 bits per heavy atom. The SMILES string of the molecule is CC(O)CN(C)C(=O)C1CNCC1C. The number of hydrogen-bond donors (Lipinski definition) is 2. The van der Waals surface area contributed by atoms with Gasteiger partial charge in [0.1, 0.15) is 0 Å². The summed E-state index contributed by atoms with van der Waals surface area (Å²) in [6.45, 7) is 5.88. The third-order valence-corrected chi connectivity index (χ3v) is 2.75. The number of likely N-dealkylation sites (N-methyl/N-ethyl adjacent to an activating group) is 1. The Hall–Kier alpha value is -0.610. The van der Waals surface area contributed by atoms with Gasteiger partial charge in [-0.1, -0.05) is 6.92 Å². The molecule has 0 bridgehead atoms. The number of hydrogen-bond acceptors (Lipinski definition) is 3. The minimum absolute atomic E-state index is 0.0822. The molecule has 1 rings (SSSR count). The molecule has 1 fully saturated rings. The summed E-state index contributed by atoms with van der Waals surface area (Å²) in [7, 11) is 1.75. The first kappa shape index (κ1) is 11.5. The number of carbonyl (C=O) groups is 1. The Morgan fingerprint density at radius 3 is 2.71 bits per heavy atom. The average Bonchev–Trinajstić information content (AvgIpc) is 2.48. The van der Waals surface area contributed by atoms with Crippen LogP contribution in [0.2, 0.25) is 0 Å². The van der Waals surface area contributed by atoms with Crippen LogP contribution in [0.4, 0.5) is 0 Å². The zero-order valence-electron chi connectivity index (χ0n) is 9.16. The predicted molar refractivity (Wildman–Crippen MR) is 54.8 cm³/mol. The number of carbonyl (C=O) groups excluding carboxylic acids is 1. The standard InChI is InChI=1S/C10H20N2O2/c1-7-4-11-5-9(7)10(14)12(3)6-8(2)13/h7-9,11,13H,4-6H2,1-3H3. The molecule has 4 heteroatoms. The minimum Gasteiger partial charge on any atom is -0.392 e. The zero-order valence-corrected chi connectivity index (χ0v) is 9.16. The summed E-state index contributed by atoms with van der Waals surface area (Å²) in [6.07, 6.45) is -0.450. The van der Waals surface area contributed by atoms with Crippen molar-refractivity contribution in [3.63, 3.8) is 0 Å². The van der Waals surface area contributed by atoms with Gasteiger partial charge in [0.05, 0.1) is 12.0 Å². The molecule has 14 heavy (non-hydrogen) atoms. The molecule has 3 unspecified atom stereocenters. The van der Waals surface area contributed by atoms with Crippen LogP contribution in [0.25, 0.3) is 0 Å². The van der Waals surface area contributed by atoms with Crippen molar-refractivity contribution in [2.75, 3.05) is 26.7 Å². The van der Waals surface area contributed by atoms with E-state index >= 15 is 0 Å². The van der Waals surface area contributed by atoms with Gasteiger partial charge in [0.2, 0.25) is 5.91 Å². The van der Waals surface area contributed by atoms with Crippen molar-refractivity contribution in [2.24, 2.45) is 11.8 Å². The number of rotatable bonds is 3. The van der Waals surface area contributed by atoms with Crippen molar-refractivity contribution >= 4 is 5.91 Å². The summed E-state index contributed by atoms with van der Waals surface area (Å²) < 4.78 is 0. The molecule has 0 aromatic carbocycles. The second kappa shape index (κ2) is 4.75. The van der Waals surface area contributed by atoms with E-state index in [-0.39, 0.29) is 11.8 Å². The van der Waals surface area contributed by atoms with E-state index in [0.29, 0.717) is 12.5 Å². The summed E-state index contributed by atoms with van der Waals surface area (Å²) in [5, 5.41) is 12.4. The molecule has 1 heterocycles. The lowest BCUT2D eigenvalue weighted by Gasteiger charge is -2.23. The molecule has 1 aliphatic rings. The molecular weight excluding hydrogens is 180 g/mol. The van der Waals surface area contributed by atoms with Crippen LogP contribution in [-0.2, 0) is 4.79 Å². The molecule has 1 aliphatic heterocycles. The lowest BCUT2D eigenvalue weighted by Crippen LogP contribution is -2.39. The molecular formula is C10H20N2O2. The Morgan fingerprint density at radius 1 is 1.64 bits per heavy atom. The highest BCUT2D eigenvalue weighted by Gasteiger charge is 2.31. The molecule has 1 saturated heterocycles. The highest BCUT2D eigenvalue weighted by Crippen LogP contribution is 2.17. The Bertz CT molecular complexity index is 206. The third kappa shape index (κ3) is 2.69. The topological polar surface area (TPSA) is 52.6 Å². The summed E-state index contributed by atoms with van der Waals surface area (Å²) in [6, 6.07) is 0. The van der Waals surface area contributed by atoms with Gasteiger partial charge in [-0.25, -0.2) is 0 Å². The van der Waals surface area contributed by atoms with Crippen LogP contribution < -0.4 is 5.32 Å². The number of aliphatic hydroxyl groups is 1. The first-order chi connectivity index (χ1) is 6.52. The molecule has 4 nitrogen and oxygen atoms in total. The summed E-state index contributed by atoms with van der Waals surface area (Å²) >= 11 is 0. The van der Waals surface area contributed by atoms with Crippen LogP contribution >= 0.6 is 0 Å². The van der Waals surface area contributed by atoms with Crippen molar-refractivity contribution in [1.82, 2.24) is 10.2 Å². The van der Waals surface area contributed by atoms with Gasteiger partial charge in [-0.05, 0) is 19.4 Å². The van der Waals surface area contributed by atoms with Crippen molar-refractivity contribution < 1.29 is 9.90 Å². The Kier molecular flexibility index (Phi) is 3.89. The van der Waals surface area contributed by atoms with E-state index in [0.717, 1.165) is 13.1 Å². The molecule has 1 amide bonds. The zero-order chi connectivity index (χ0) is 10.7. The summed E-state index contributed by atoms with van der Waals surface area (Å²) in [4.78, 5) is 13.5. The van der Waals surface area contributed by atoms with Gasteiger partial charge in [-0.15, -0.1) is 0 Å². The fourth-order valence-corrected chi connectivity index (χ4v) is 1.91. The molecule has 0 aliphatic carbocycles. The second-order valence-corrected chi connectivity index (χ2v) is 4.31. The maximum atomic E-state index is 11.9. The summed E-state index contributed by atoms with van der Waals surface area (Å²) in [5.41, 5.74) is 0. The van der Waals surface area contributed by atoms with E-state index < -0.39 is 6.10 Å². The van der Waals surface area contributed by atoms with Gasteiger partial charge in [0.15, 0.2) is 0 Å². The number of amides is 1. The van der Waals surface area contributed by atoms with E-state index in [1.54, 1.807) is 18.9 Å². The highest BCUT2D eigenvalue weighted by molar-refractivity contribution is 5.79. The van der Waals surface area contributed by atoms with Crippen LogP contribution in [0.15, 0.2) is 0 Å². The van der Waals surface area contributed by atoms with E-state index in [1.807, 2.05) is 0 Å². The molecule has 82 valence electrons. The molecule has 0 radical (unpaired) electrons. The van der Waals surface area contributed by atoms with E-state index in [1.165, 1.54) is 0 Å². The number of nitrogens with one attached hydrogen (secondary N) is 1. The van der Waals surface area contributed by atoms with Crippen LogP contribution in [0, 0.1) is 11.8 Å². The maximum Gasteiger partial charge on any atom is 0.227 e. The van der Waals surface area contributed by atoms with E-state index in [2.05, 4.69) is 12.2 Å². The molecule has 3 atom stereocenters. The quantitative estimate of drug-likeness (QED) is 0.656. The third-order valence-electron chi connectivity index (χ3n) is 2.75. The normalized spacial score (nSPS) is 28.9. The lowest BCUT2D eigenvalue weighted by atomic mass is 9.97. The smallest absolute Gasteiger partial charge is 0.227 e. The average molecular weight is 200 g/mol. The van der Waals surface area contributed by atoms with Crippen LogP contribution in [0.5, 0.6) is 0 Å². The van der Waals surface area contributed by atoms with E-state index in [9.17, 15) is 9.90 Å². The van der Waals surface area contributed by atoms with Gasteiger partial charge < -0.3 is 15.3 Å². The minimum atomic E-state index is -0.450. The van der Waals surface area contributed by atoms with Crippen LogP contribution in [0.3, 0.4) is 0 Å². The highest BCUT2D eigenvalue weighted by atomic mass is 16.3. The molecule has 0 saturated carbocycles.